The van der Waals surface area contributed by atoms with Crippen molar-refractivity contribution in [3.63, 3.8) is 0 Å². The minimum atomic E-state index is -0.186. The summed E-state index contributed by atoms with van der Waals surface area (Å²) >= 11 is 0. The molecule has 0 bridgehead atoms. The Morgan fingerprint density at radius 3 is 2.45 bits per heavy atom. The summed E-state index contributed by atoms with van der Waals surface area (Å²) in [6.45, 7) is 3.83. The number of imidazole rings is 1. The normalized spacial score (nSPS) is 14.8. The average molecular weight is 393 g/mol. The van der Waals surface area contributed by atoms with Gasteiger partial charge in [-0.3, -0.25) is 9.13 Å². The Bertz CT molecular complexity index is 988. The van der Waals surface area contributed by atoms with Gasteiger partial charge in [-0.25, -0.2) is 4.79 Å². The van der Waals surface area contributed by atoms with Crippen LogP contribution in [-0.2, 0) is 13.1 Å². The SMILES string of the molecule is O=c1n(Cc2cccc(Oc3ccccc3)c2)cc(O)n1CCN1CCCCC1. The zero-order valence-electron chi connectivity index (χ0n) is 16.5. The number of aromatic hydroxyl groups is 1. The van der Waals surface area contributed by atoms with Gasteiger partial charge in [-0.2, -0.15) is 0 Å². The Kier molecular flexibility index (Phi) is 6.00. The van der Waals surface area contributed by atoms with Crippen LogP contribution in [0.2, 0.25) is 0 Å². The molecule has 1 aromatic heterocycles. The Hall–Kier alpha value is -2.99. The van der Waals surface area contributed by atoms with Gasteiger partial charge in [-0.05, 0) is 55.8 Å². The Balaban J connectivity index is 1.44. The van der Waals surface area contributed by atoms with Crippen molar-refractivity contribution in [3.05, 3.63) is 76.8 Å². The molecule has 3 aromatic rings. The fourth-order valence-electron chi connectivity index (χ4n) is 3.79. The first-order chi connectivity index (χ1) is 14.2. The lowest BCUT2D eigenvalue weighted by molar-refractivity contribution is 0.217. The summed E-state index contributed by atoms with van der Waals surface area (Å²) < 4.78 is 8.88. The van der Waals surface area contributed by atoms with E-state index >= 15 is 0 Å². The van der Waals surface area contributed by atoms with E-state index in [4.69, 9.17) is 4.74 Å². The molecular weight excluding hydrogens is 366 g/mol. The van der Waals surface area contributed by atoms with E-state index in [1.807, 2.05) is 54.6 Å². The van der Waals surface area contributed by atoms with Gasteiger partial charge in [0.05, 0.1) is 12.7 Å². The van der Waals surface area contributed by atoms with Gasteiger partial charge in [-0.1, -0.05) is 36.8 Å². The second-order valence-electron chi connectivity index (χ2n) is 7.51. The lowest BCUT2D eigenvalue weighted by atomic mass is 10.1. The fraction of sp³-hybridized carbons (Fsp3) is 0.348. The zero-order valence-corrected chi connectivity index (χ0v) is 16.5. The van der Waals surface area contributed by atoms with E-state index in [2.05, 4.69) is 4.90 Å². The largest absolute Gasteiger partial charge is 0.493 e. The summed E-state index contributed by atoms with van der Waals surface area (Å²) in [5.74, 6) is 1.50. The highest BCUT2D eigenvalue weighted by Crippen LogP contribution is 2.22. The number of para-hydroxylation sites is 1. The highest BCUT2D eigenvalue weighted by atomic mass is 16.5. The van der Waals surface area contributed by atoms with Gasteiger partial charge >= 0.3 is 5.69 Å². The number of hydrogen-bond acceptors (Lipinski definition) is 4. The first-order valence-electron chi connectivity index (χ1n) is 10.2. The van der Waals surface area contributed by atoms with E-state index < -0.39 is 0 Å². The number of nitrogens with zero attached hydrogens (tertiary/aromatic N) is 3. The van der Waals surface area contributed by atoms with Crippen LogP contribution in [0.5, 0.6) is 17.4 Å². The molecule has 0 saturated carbocycles. The van der Waals surface area contributed by atoms with Gasteiger partial charge < -0.3 is 14.7 Å². The molecule has 4 rings (SSSR count). The van der Waals surface area contributed by atoms with Gasteiger partial charge in [0.15, 0.2) is 0 Å². The minimum absolute atomic E-state index is 0.0173. The van der Waals surface area contributed by atoms with Gasteiger partial charge in [-0.15, -0.1) is 0 Å². The van der Waals surface area contributed by atoms with Crippen LogP contribution in [0.1, 0.15) is 24.8 Å². The van der Waals surface area contributed by atoms with Crippen molar-refractivity contribution in [2.24, 2.45) is 0 Å². The van der Waals surface area contributed by atoms with E-state index in [1.165, 1.54) is 30.0 Å². The molecule has 2 aromatic carbocycles. The number of piperidine rings is 1. The monoisotopic (exact) mass is 393 g/mol. The average Bonchev–Trinajstić information content (AvgIpc) is 3.01. The second-order valence-corrected chi connectivity index (χ2v) is 7.51. The molecular formula is C23H27N3O3. The molecule has 29 heavy (non-hydrogen) atoms. The maximum atomic E-state index is 12.8. The quantitative estimate of drug-likeness (QED) is 0.665. The number of aromatic nitrogens is 2. The molecule has 2 heterocycles. The van der Waals surface area contributed by atoms with Gasteiger partial charge in [0.1, 0.15) is 11.5 Å². The van der Waals surface area contributed by atoms with Crippen LogP contribution < -0.4 is 10.4 Å². The lowest BCUT2D eigenvalue weighted by Crippen LogP contribution is -2.35. The molecule has 0 unspecified atom stereocenters. The predicted molar refractivity (Wildman–Crippen MR) is 113 cm³/mol. The van der Waals surface area contributed by atoms with Crippen molar-refractivity contribution >= 4 is 0 Å². The summed E-state index contributed by atoms with van der Waals surface area (Å²) in [6.07, 6.45) is 5.22. The fourth-order valence-corrected chi connectivity index (χ4v) is 3.79. The Labute approximate surface area is 170 Å². The number of likely N-dealkylation sites (tertiary alicyclic amines) is 1. The summed E-state index contributed by atoms with van der Waals surface area (Å²) in [5, 5.41) is 10.3. The zero-order chi connectivity index (χ0) is 20.1. The van der Waals surface area contributed by atoms with Crippen LogP contribution in [0, 0.1) is 0 Å². The van der Waals surface area contributed by atoms with Crippen LogP contribution in [0.25, 0.3) is 0 Å². The van der Waals surface area contributed by atoms with Crippen LogP contribution >= 0.6 is 0 Å². The summed E-state index contributed by atoms with van der Waals surface area (Å²) in [5.41, 5.74) is 0.752. The minimum Gasteiger partial charge on any atom is -0.493 e. The van der Waals surface area contributed by atoms with Crippen molar-refractivity contribution in [2.45, 2.75) is 32.4 Å². The molecule has 1 saturated heterocycles. The number of ether oxygens (including phenoxy) is 1. The number of benzene rings is 2. The molecule has 6 heteroatoms. The summed E-state index contributed by atoms with van der Waals surface area (Å²) in [6, 6.07) is 17.3. The van der Waals surface area contributed by atoms with E-state index in [0.717, 1.165) is 36.7 Å². The molecule has 1 N–H and O–H groups in total. The molecule has 1 aliphatic heterocycles. The molecule has 0 spiro atoms. The highest BCUT2D eigenvalue weighted by Gasteiger charge is 2.14. The third kappa shape index (κ3) is 4.90. The van der Waals surface area contributed by atoms with E-state index in [0.29, 0.717) is 13.1 Å². The van der Waals surface area contributed by atoms with E-state index in [-0.39, 0.29) is 11.6 Å². The standard InChI is InChI=1S/C23H27N3O3/c27-22-18-25(23(28)26(22)15-14-24-12-5-2-6-13-24)17-19-8-7-11-21(16-19)29-20-9-3-1-4-10-20/h1,3-4,7-11,16,18,27H,2,5-6,12-15,17H2. The van der Waals surface area contributed by atoms with Crippen LogP contribution in [0.4, 0.5) is 0 Å². The molecule has 1 aliphatic rings. The van der Waals surface area contributed by atoms with E-state index in [9.17, 15) is 9.90 Å². The number of hydrogen-bond donors (Lipinski definition) is 1. The van der Waals surface area contributed by atoms with Crippen molar-refractivity contribution in [1.82, 2.24) is 14.0 Å². The first-order valence-corrected chi connectivity index (χ1v) is 10.2. The van der Waals surface area contributed by atoms with Crippen LogP contribution in [-0.4, -0.2) is 38.8 Å². The maximum absolute atomic E-state index is 12.8. The van der Waals surface area contributed by atoms with Gasteiger partial charge in [0, 0.05) is 13.1 Å². The molecule has 6 nitrogen and oxygen atoms in total. The summed E-state index contributed by atoms with van der Waals surface area (Å²) in [7, 11) is 0. The molecule has 0 amide bonds. The molecule has 1 fully saturated rings. The van der Waals surface area contributed by atoms with Crippen LogP contribution in [0.15, 0.2) is 65.6 Å². The van der Waals surface area contributed by atoms with Gasteiger partial charge in [0.25, 0.3) is 0 Å². The molecule has 0 atom stereocenters. The lowest BCUT2D eigenvalue weighted by Gasteiger charge is -2.26. The number of rotatable bonds is 7. The smallest absolute Gasteiger partial charge is 0.331 e. The maximum Gasteiger partial charge on any atom is 0.331 e. The molecule has 152 valence electrons. The Morgan fingerprint density at radius 1 is 0.897 bits per heavy atom. The van der Waals surface area contributed by atoms with Crippen molar-refractivity contribution in [3.8, 4) is 17.4 Å². The van der Waals surface area contributed by atoms with Crippen molar-refractivity contribution in [1.29, 1.82) is 0 Å². The predicted octanol–water partition coefficient (Wildman–Crippen LogP) is 3.68. The van der Waals surface area contributed by atoms with Gasteiger partial charge in [0.2, 0.25) is 5.88 Å². The van der Waals surface area contributed by atoms with E-state index in [1.54, 1.807) is 4.57 Å². The first kappa shape index (κ1) is 19.3. The second kappa shape index (κ2) is 9.01. The third-order valence-electron chi connectivity index (χ3n) is 5.34. The van der Waals surface area contributed by atoms with Crippen molar-refractivity contribution < 1.29 is 9.84 Å². The summed E-state index contributed by atoms with van der Waals surface area (Å²) in [4.78, 5) is 15.1. The topological polar surface area (TPSA) is 59.6 Å². The molecule has 0 radical (unpaired) electrons. The Morgan fingerprint density at radius 2 is 1.66 bits per heavy atom. The molecule has 0 aliphatic carbocycles. The highest BCUT2D eigenvalue weighted by molar-refractivity contribution is 5.34. The van der Waals surface area contributed by atoms with Crippen molar-refractivity contribution in [2.75, 3.05) is 19.6 Å². The third-order valence-corrected chi connectivity index (χ3v) is 5.34. The van der Waals surface area contributed by atoms with Crippen LogP contribution in [0.3, 0.4) is 0 Å².